The first kappa shape index (κ1) is 20.6. The highest BCUT2D eigenvalue weighted by molar-refractivity contribution is 5.68. The zero-order chi connectivity index (χ0) is 20.3. The van der Waals surface area contributed by atoms with Gasteiger partial charge in [-0.1, -0.05) is 0 Å². The van der Waals surface area contributed by atoms with E-state index in [0.717, 1.165) is 50.7 Å². The second kappa shape index (κ2) is 8.50. The molecule has 2 saturated heterocycles. The molecule has 3 rings (SSSR count). The Morgan fingerprint density at radius 1 is 1.04 bits per heavy atom. The van der Waals surface area contributed by atoms with Gasteiger partial charge in [0.25, 0.3) is 0 Å². The SMILES string of the molecule is COc1cc(N2CCC(C3CCN(C(=O)OC(C)(C)C)CC3)CC2)ccc1N. The van der Waals surface area contributed by atoms with Crippen LogP contribution in [0.5, 0.6) is 5.75 Å². The summed E-state index contributed by atoms with van der Waals surface area (Å²) < 4.78 is 10.9. The van der Waals surface area contributed by atoms with Crippen molar-refractivity contribution in [2.45, 2.75) is 52.1 Å². The number of carbonyl (C=O) groups is 1. The number of likely N-dealkylation sites (tertiary alicyclic amines) is 1. The first-order valence-corrected chi connectivity index (χ1v) is 10.4. The van der Waals surface area contributed by atoms with Crippen molar-refractivity contribution < 1.29 is 14.3 Å². The molecule has 2 heterocycles. The lowest BCUT2D eigenvalue weighted by atomic mass is 9.79. The summed E-state index contributed by atoms with van der Waals surface area (Å²) >= 11 is 0. The third kappa shape index (κ3) is 5.03. The second-order valence-corrected chi connectivity index (χ2v) is 9.06. The lowest BCUT2D eigenvalue weighted by molar-refractivity contribution is 0.0152. The molecule has 2 N–H and O–H groups in total. The number of methoxy groups -OCH3 is 1. The van der Waals surface area contributed by atoms with Crippen molar-refractivity contribution in [2.75, 3.05) is 43.9 Å². The van der Waals surface area contributed by atoms with Gasteiger partial charge in [-0.15, -0.1) is 0 Å². The van der Waals surface area contributed by atoms with Gasteiger partial charge in [0.2, 0.25) is 0 Å². The minimum absolute atomic E-state index is 0.168. The number of benzene rings is 1. The summed E-state index contributed by atoms with van der Waals surface area (Å²) in [6.07, 6.45) is 4.39. The molecule has 156 valence electrons. The molecule has 0 atom stereocenters. The van der Waals surface area contributed by atoms with Gasteiger partial charge >= 0.3 is 6.09 Å². The van der Waals surface area contributed by atoms with Crippen LogP contribution >= 0.6 is 0 Å². The fourth-order valence-electron chi connectivity index (χ4n) is 4.41. The van der Waals surface area contributed by atoms with Crippen molar-refractivity contribution in [3.05, 3.63) is 18.2 Å². The Labute approximate surface area is 169 Å². The van der Waals surface area contributed by atoms with Crippen LogP contribution in [-0.4, -0.2) is 49.9 Å². The predicted octanol–water partition coefficient (Wildman–Crippen LogP) is 4.14. The van der Waals surface area contributed by atoms with E-state index in [4.69, 9.17) is 15.2 Å². The highest BCUT2D eigenvalue weighted by Crippen LogP contribution is 2.35. The average molecular weight is 390 g/mol. The van der Waals surface area contributed by atoms with Gasteiger partial charge in [-0.3, -0.25) is 0 Å². The van der Waals surface area contributed by atoms with E-state index < -0.39 is 5.60 Å². The molecule has 0 saturated carbocycles. The largest absolute Gasteiger partial charge is 0.495 e. The topological polar surface area (TPSA) is 68.0 Å². The number of piperidine rings is 2. The van der Waals surface area contributed by atoms with Gasteiger partial charge in [-0.2, -0.15) is 0 Å². The number of anilines is 2. The van der Waals surface area contributed by atoms with Gasteiger partial charge in [0.15, 0.2) is 0 Å². The van der Waals surface area contributed by atoms with Crippen LogP contribution in [0, 0.1) is 11.8 Å². The van der Waals surface area contributed by atoms with Crippen LogP contribution in [0.15, 0.2) is 18.2 Å². The Balaban J connectivity index is 1.48. The molecule has 1 aromatic carbocycles. The van der Waals surface area contributed by atoms with Crippen molar-refractivity contribution in [1.82, 2.24) is 4.90 Å². The summed E-state index contributed by atoms with van der Waals surface area (Å²) in [5.74, 6) is 2.20. The standard InChI is InChI=1S/C22H35N3O3/c1-22(2,3)28-21(26)25-13-9-17(10-14-25)16-7-11-24(12-8-16)18-5-6-19(23)20(15-18)27-4/h5-6,15-17H,7-14,23H2,1-4H3. The summed E-state index contributed by atoms with van der Waals surface area (Å²) in [4.78, 5) is 16.5. The average Bonchev–Trinajstić information content (AvgIpc) is 2.67. The molecule has 0 unspecified atom stereocenters. The number of rotatable bonds is 3. The lowest BCUT2D eigenvalue weighted by Crippen LogP contribution is -2.44. The number of nitrogens with zero attached hydrogens (tertiary/aromatic N) is 2. The van der Waals surface area contributed by atoms with Crippen molar-refractivity contribution in [3.8, 4) is 5.75 Å². The first-order valence-electron chi connectivity index (χ1n) is 10.4. The minimum atomic E-state index is -0.425. The fraction of sp³-hybridized carbons (Fsp3) is 0.682. The Bertz CT molecular complexity index is 670. The van der Waals surface area contributed by atoms with Crippen LogP contribution in [0.2, 0.25) is 0 Å². The summed E-state index contributed by atoms with van der Waals surface area (Å²) in [7, 11) is 1.66. The van der Waals surface area contributed by atoms with Crippen LogP contribution in [0.25, 0.3) is 0 Å². The number of ether oxygens (including phenoxy) is 2. The zero-order valence-corrected chi connectivity index (χ0v) is 17.7. The number of nitrogens with two attached hydrogens (primary N) is 1. The fourth-order valence-corrected chi connectivity index (χ4v) is 4.41. The van der Waals surface area contributed by atoms with E-state index in [1.165, 1.54) is 18.5 Å². The van der Waals surface area contributed by atoms with Crippen molar-refractivity contribution in [2.24, 2.45) is 11.8 Å². The highest BCUT2D eigenvalue weighted by atomic mass is 16.6. The zero-order valence-electron chi connectivity index (χ0n) is 17.7. The van der Waals surface area contributed by atoms with Gasteiger partial charge in [-0.05, 0) is 70.4 Å². The molecule has 2 aliphatic rings. The number of carbonyl (C=O) groups excluding carboxylic acids is 1. The molecule has 0 aromatic heterocycles. The van der Waals surface area contributed by atoms with Gasteiger partial charge in [0.05, 0.1) is 12.8 Å². The molecule has 0 bridgehead atoms. The van der Waals surface area contributed by atoms with Crippen LogP contribution in [0.3, 0.4) is 0 Å². The van der Waals surface area contributed by atoms with E-state index in [9.17, 15) is 4.79 Å². The van der Waals surface area contributed by atoms with Gasteiger partial charge in [-0.25, -0.2) is 4.79 Å². The summed E-state index contributed by atoms with van der Waals surface area (Å²) in [6.45, 7) is 9.50. The Kier molecular flexibility index (Phi) is 6.26. The van der Waals surface area contributed by atoms with E-state index in [0.29, 0.717) is 11.6 Å². The quantitative estimate of drug-likeness (QED) is 0.787. The molecule has 1 amide bonds. The minimum Gasteiger partial charge on any atom is -0.495 e. The first-order chi connectivity index (χ1) is 13.3. The molecule has 1 aromatic rings. The number of nitrogen functional groups attached to an aromatic ring is 1. The molecule has 6 heteroatoms. The van der Waals surface area contributed by atoms with Gasteiger partial charge < -0.3 is 25.0 Å². The van der Waals surface area contributed by atoms with Crippen molar-refractivity contribution in [3.63, 3.8) is 0 Å². The summed E-state index contributed by atoms with van der Waals surface area (Å²) in [5, 5.41) is 0. The van der Waals surface area contributed by atoms with E-state index in [1.807, 2.05) is 37.8 Å². The molecular formula is C22H35N3O3. The Hall–Kier alpha value is -2.11. The lowest BCUT2D eigenvalue weighted by Gasteiger charge is -2.41. The van der Waals surface area contributed by atoms with Crippen LogP contribution < -0.4 is 15.4 Å². The van der Waals surface area contributed by atoms with Crippen molar-refractivity contribution >= 4 is 17.5 Å². The normalized spacial score (nSPS) is 19.6. The monoisotopic (exact) mass is 389 g/mol. The van der Waals surface area contributed by atoms with E-state index in [1.54, 1.807) is 7.11 Å². The molecule has 0 aliphatic carbocycles. The molecular weight excluding hydrogens is 354 g/mol. The maximum atomic E-state index is 12.3. The van der Waals surface area contributed by atoms with Crippen molar-refractivity contribution in [1.29, 1.82) is 0 Å². The predicted molar refractivity (Wildman–Crippen MR) is 113 cm³/mol. The highest BCUT2D eigenvalue weighted by Gasteiger charge is 2.32. The molecule has 0 radical (unpaired) electrons. The maximum absolute atomic E-state index is 12.3. The third-order valence-electron chi connectivity index (χ3n) is 5.98. The maximum Gasteiger partial charge on any atom is 0.410 e. The van der Waals surface area contributed by atoms with Gasteiger partial charge in [0.1, 0.15) is 11.4 Å². The molecule has 2 aliphatic heterocycles. The molecule has 28 heavy (non-hydrogen) atoms. The van der Waals surface area contributed by atoms with Gasteiger partial charge in [0, 0.05) is 37.9 Å². The van der Waals surface area contributed by atoms with E-state index in [2.05, 4.69) is 11.0 Å². The van der Waals surface area contributed by atoms with Crippen LogP contribution in [0.1, 0.15) is 46.5 Å². The Morgan fingerprint density at radius 2 is 1.61 bits per heavy atom. The third-order valence-corrected chi connectivity index (χ3v) is 5.98. The molecule has 0 spiro atoms. The second-order valence-electron chi connectivity index (χ2n) is 9.06. The number of hydrogen-bond acceptors (Lipinski definition) is 5. The summed E-state index contributed by atoms with van der Waals surface area (Å²) in [5.41, 5.74) is 7.37. The van der Waals surface area contributed by atoms with E-state index in [-0.39, 0.29) is 6.09 Å². The number of amides is 1. The summed E-state index contributed by atoms with van der Waals surface area (Å²) in [6, 6.07) is 6.04. The van der Waals surface area contributed by atoms with Crippen LogP contribution in [-0.2, 0) is 4.74 Å². The molecule has 2 fully saturated rings. The van der Waals surface area contributed by atoms with E-state index >= 15 is 0 Å². The Morgan fingerprint density at radius 3 is 2.14 bits per heavy atom. The van der Waals surface area contributed by atoms with Crippen LogP contribution in [0.4, 0.5) is 16.2 Å². The number of hydrogen-bond donors (Lipinski definition) is 1. The smallest absolute Gasteiger partial charge is 0.410 e. The molecule has 6 nitrogen and oxygen atoms in total.